The first kappa shape index (κ1) is 11.6. The molecule has 0 aliphatic carbocycles. The third-order valence-corrected chi connectivity index (χ3v) is 3.92. The molecule has 0 spiro atoms. The van der Waals surface area contributed by atoms with Gasteiger partial charge in [0, 0.05) is 30.4 Å². The van der Waals surface area contributed by atoms with Crippen LogP contribution >= 0.6 is 0 Å². The highest BCUT2D eigenvalue weighted by molar-refractivity contribution is 5.86. The summed E-state index contributed by atoms with van der Waals surface area (Å²) in [6.07, 6.45) is 4.99. The minimum Gasteiger partial charge on any atom is -0.399 e. The highest BCUT2D eigenvalue weighted by atomic mass is 15.1. The van der Waals surface area contributed by atoms with Gasteiger partial charge in [-0.05, 0) is 50.6 Å². The first-order chi connectivity index (χ1) is 8.78. The zero-order chi connectivity index (χ0) is 12.5. The van der Waals surface area contributed by atoms with Crippen LogP contribution in [-0.4, -0.2) is 22.6 Å². The Hall–Kier alpha value is -1.48. The number of nitrogens with two attached hydrogens (primary N) is 1. The average molecular weight is 243 g/mol. The van der Waals surface area contributed by atoms with Crippen molar-refractivity contribution in [1.29, 1.82) is 0 Å². The Morgan fingerprint density at radius 1 is 1.22 bits per heavy atom. The summed E-state index contributed by atoms with van der Waals surface area (Å²) >= 11 is 0. The average Bonchev–Trinajstić information content (AvgIpc) is 2.98. The number of nitrogen functional groups attached to an aromatic ring is 1. The van der Waals surface area contributed by atoms with Crippen LogP contribution in [0, 0.1) is 0 Å². The van der Waals surface area contributed by atoms with E-state index in [4.69, 9.17) is 5.73 Å². The fourth-order valence-corrected chi connectivity index (χ4v) is 2.95. The van der Waals surface area contributed by atoms with E-state index in [0.717, 1.165) is 18.8 Å². The summed E-state index contributed by atoms with van der Waals surface area (Å²) in [6, 6.07) is 6.27. The third-order valence-electron chi connectivity index (χ3n) is 3.92. The molecule has 1 saturated heterocycles. The van der Waals surface area contributed by atoms with Crippen LogP contribution in [0.1, 0.15) is 25.3 Å². The van der Waals surface area contributed by atoms with E-state index in [1.54, 1.807) is 0 Å². The molecule has 3 nitrogen and oxygen atoms in total. The Labute approximate surface area is 108 Å². The highest BCUT2D eigenvalue weighted by Gasteiger charge is 2.15. The number of hydrogen-bond donors (Lipinski definition) is 1. The SMILES string of the molecule is CCn1cc(CN2CCCC2)c2ccc(N)cc21. The summed E-state index contributed by atoms with van der Waals surface area (Å²) < 4.78 is 2.30. The van der Waals surface area contributed by atoms with Gasteiger partial charge in [-0.3, -0.25) is 4.90 Å². The zero-order valence-electron chi connectivity index (χ0n) is 11.0. The summed E-state index contributed by atoms with van der Waals surface area (Å²) in [5.41, 5.74) is 9.46. The molecule has 2 aromatic rings. The van der Waals surface area contributed by atoms with Crippen molar-refractivity contribution in [3.8, 4) is 0 Å². The number of rotatable bonds is 3. The molecular formula is C15H21N3. The van der Waals surface area contributed by atoms with E-state index in [9.17, 15) is 0 Å². The lowest BCUT2D eigenvalue weighted by atomic mass is 10.1. The van der Waals surface area contributed by atoms with E-state index in [-0.39, 0.29) is 0 Å². The lowest BCUT2D eigenvalue weighted by Gasteiger charge is -2.13. The Balaban J connectivity index is 2.00. The van der Waals surface area contributed by atoms with Crippen molar-refractivity contribution >= 4 is 16.6 Å². The summed E-state index contributed by atoms with van der Waals surface area (Å²) in [5, 5.41) is 1.36. The maximum atomic E-state index is 5.90. The molecule has 0 unspecified atom stereocenters. The van der Waals surface area contributed by atoms with E-state index < -0.39 is 0 Å². The number of likely N-dealkylation sites (tertiary alicyclic amines) is 1. The predicted octanol–water partition coefficient (Wildman–Crippen LogP) is 2.84. The summed E-state index contributed by atoms with van der Waals surface area (Å²) in [4.78, 5) is 2.55. The molecule has 0 amide bonds. The largest absolute Gasteiger partial charge is 0.399 e. The van der Waals surface area contributed by atoms with E-state index in [0.29, 0.717) is 0 Å². The van der Waals surface area contributed by atoms with E-state index in [2.05, 4.69) is 34.7 Å². The van der Waals surface area contributed by atoms with Crippen molar-refractivity contribution in [2.75, 3.05) is 18.8 Å². The molecule has 2 heterocycles. The van der Waals surface area contributed by atoms with Gasteiger partial charge in [0.15, 0.2) is 0 Å². The fourth-order valence-electron chi connectivity index (χ4n) is 2.95. The molecule has 1 aromatic heterocycles. The lowest BCUT2D eigenvalue weighted by molar-refractivity contribution is 0.332. The molecule has 0 bridgehead atoms. The second-order valence-electron chi connectivity index (χ2n) is 5.20. The number of nitrogens with zero attached hydrogens (tertiary/aromatic N) is 2. The predicted molar refractivity (Wildman–Crippen MR) is 76.5 cm³/mol. The fraction of sp³-hybridized carbons (Fsp3) is 0.467. The van der Waals surface area contributed by atoms with Crippen molar-refractivity contribution in [3.63, 3.8) is 0 Å². The van der Waals surface area contributed by atoms with Crippen LogP contribution in [0.3, 0.4) is 0 Å². The van der Waals surface area contributed by atoms with Crippen molar-refractivity contribution in [2.24, 2.45) is 0 Å². The molecular weight excluding hydrogens is 222 g/mol. The molecule has 1 fully saturated rings. The number of aryl methyl sites for hydroxylation is 1. The quantitative estimate of drug-likeness (QED) is 0.841. The summed E-state index contributed by atoms with van der Waals surface area (Å²) in [6.45, 7) is 6.75. The maximum Gasteiger partial charge on any atom is 0.0504 e. The maximum absolute atomic E-state index is 5.90. The molecule has 3 heteroatoms. The van der Waals surface area contributed by atoms with Gasteiger partial charge in [-0.25, -0.2) is 0 Å². The second kappa shape index (κ2) is 4.65. The second-order valence-corrected chi connectivity index (χ2v) is 5.20. The molecule has 18 heavy (non-hydrogen) atoms. The normalized spacial score (nSPS) is 16.7. The molecule has 2 N–H and O–H groups in total. The lowest BCUT2D eigenvalue weighted by Crippen LogP contribution is -2.18. The molecule has 1 aliphatic heterocycles. The number of aromatic nitrogens is 1. The van der Waals surface area contributed by atoms with Gasteiger partial charge >= 0.3 is 0 Å². The number of benzene rings is 1. The topological polar surface area (TPSA) is 34.2 Å². The van der Waals surface area contributed by atoms with Gasteiger partial charge in [0.1, 0.15) is 0 Å². The van der Waals surface area contributed by atoms with E-state index >= 15 is 0 Å². The molecule has 1 aromatic carbocycles. The van der Waals surface area contributed by atoms with Gasteiger partial charge in [-0.1, -0.05) is 6.07 Å². The Morgan fingerprint density at radius 3 is 2.72 bits per heavy atom. The molecule has 0 atom stereocenters. The van der Waals surface area contributed by atoms with Gasteiger partial charge in [0.05, 0.1) is 5.52 Å². The first-order valence-corrected chi connectivity index (χ1v) is 6.87. The van der Waals surface area contributed by atoms with Crippen LogP contribution in [0.2, 0.25) is 0 Å². The molecule has 0 radical (unpaired) electrons. The Bertz CT molecular complexity index is 550. The molecule has 96 valence electrons. The minimum atomic E-state index is 0.850. The van der Waals surface area contributed by atoms with Crippen LogP contribution in [-0.2, 0) is 13.1 Å². The van der Waals surface area contributed by atoms with Crippen molar-refractivity contribution < 1.29 is 0 Å². The van der Waals surface area contributed by atoms with Gasteiger partial charge in [-0.15, -0.1) is 0 Å². The molecule has 1 aliphatic rings. The van der Waals surface area contributed by atoms with E-state index in [1.165, 1.54) is 42.4 Å². The third kappa shape index (κ3) is 1.99. The molecule has 3 rings (SSSR count). The smallest absolute Gasteiger partial charge is 0.0504 e. The van der Waals surface area contributed by atoms with Crippen LogP contribution in [0.4, 0.5) is 5.69 Å². The van der Waals surface area contributed by atoms with Gasteiger partial charge in [-0.2, -0.15) is 0 Å². The minimum absolute atomic E-state index is 0.850. The van der Waals surface area contributed by atoms with Crippen molar-refractivity contribution in [3.05, 3.63) is 30.0 Å². The Kier molecular flexibility index (Phi) is 3.00. The monoisotopic (exact) mass is 243 g/mol. The number of anilines is 1. The van der Waals surface area contributed by atoms with Crippen molar-refractivity contribution in [1.82, 2.24) is 9.47 Å². The standard InChI is InChI=1S/C15H21N3/c1-2-18-11-12(10-17-7-3-4-8-17)14-6-5-13(16)9-15(14)18/h5-6,9,11H,2-4,7-8,10,16H2,1H3. The Morgan fingerprint density at radius 2 is 2.00 bits per heavy atom. The molecule has 0 saturated carbocycles. The van der Waals surface area contributed by atoms with Crippen LogP contribution < -0.4 is 5.73 Å². The van der Waals surface area contributed by atoms with E-state index in [1.807, 2.05) is 6.07 Å². The summed E-state index contributed by atoms with van der Waals surface area (Å²) in [7, 11) is 0. The highest BCUT2D eigenvalue weighted by Crippen LogP contribution is 2.25. The van der Waals surface area contributed by atoms with Gasteiger partial charge in [0.2, 0.25) is 0 Å². The van der Waals surface area contributed by atoms with Crippen molar-refractivity contribution in [2.45, 2.75) is 32.9 Å². The summed E-state index contributed by atoms with van der Waals surface area (Å²) in [5.74, 6) is 0. The zero-order valence-corrected chi connectivity index (χ0v) is 11.0. The van der Waals surface area contributed by atoms with Gasteiger partial charge in [0.25, 0.3) is 0 Å². The number of fused-ring (bicyclic) bond motifs is 1. The van der Waals surface area contributed by atoms with Crippen LogP contribution in [0.15, 0.2) is 24.4 Å². The first-order valence-electron chi connectivity index (χ1n) is 6.87. The van der Waals surface area contributed by atoms with Crippen LogP contribution in [0.5, 0.6) is 0 Å². The van der Waals surface area contributed by atoms with Gasteiger partial charge < -0.3 is 10.3 Å². The van der Waals surface area contributed by atoms with Crippen LogP contribution in [0.25, 0.3) is 10.9 Å². The number of hydrogen-bond acceptors (Lipinski definition) is 2.